The maximum Gasteiger partial charge on any atom is 0.253 e. The van der Waals surface area contributed by atoms with Gasteiger partial charge in [-0.2, -0.15) is 0 Å². The predicted octanol–water partition coefficient (Wildman–Crippen LogP) is 2.97. The van der Waals surface area contributed by atoms with Crippen molar-refractivity contribution in [2.75, 3.05) is 5.32 Å². The van der Waals surface area contributed by atoms with Gasteiger partial charge in [0.2, 0.25) is 5.91 Å². The van der Waals surface area contributed by atoms with Crippen LogP contribution in [0, 0.1) is 0 Å². The number of anilines is 1. The molecular weight excluding hydrogens is 264 g/mol. The van der Waals surface area contributed by atoms with Crippen molar-refractivity contribution in [3.05, 3.63) is 65.7 Å². The Morgan fingerprint density at radius 3 is 2.33 bits per heavy atom. The van der Waals surface area contributed by atoms with Crippen molar-refractivity contribution in [3.63, 3.8) is 0 Å². The molecular formula is C17H18N2O2. The average molecular weight is 282 g/mol. The standard InChI is InChI=1S/C17H18N2O2/c1-2-16(20)19-15-11-7-6-10-14(15)17(21)18-12-13-8-4-3-5-9-13/h3-11H,2,12H2,1H3,(H,18,21)(H,19,20). The lowest BCUT2D eigenvalue weighted by Gasteiger charge is -2.11. The molecule has 4 heteroatoms. The molecule has 2 N–H and O–H groups in total. The first kappa shape index (κ1) is 14.8. The summed E-state index contributed by atoms with van der Waals surface area (Å²) in [5, 5.41) is 5.60. The van der Waals surface area contributed by atoms with Crippen LogP contribution in [0.15, 0.2) is 54.6 Å². The molecule has 0 aliphatic carbocycles. The highest BCUT2D eigenvalue weighted by Gasteiger charge is 2.11. The van der Waals surface area contributed by atoms with Gasteiger partial charge in [0, 0.05) is 13.0 Å². The van der Waals surface area contributed by atoms with Crippen molar-refractivity contribution in [2.24, 2.45) is 0 Å². The molecule has 0 aliphatic rings. The van der Waals surface area contributed by atoms with Gasteiger partial charge in [-0.25, -0.2) is 0 Å². The van der Waals surface area contributed by atoms with E-state index < -0.39 is 0 Å². The third kappa shape index (κ3) is 4.18. The van der Waals surface area contributed by atoms with Crippen LogP contribution in [0.1, 0.15) is 29.3 Å². The SMILES string of the molecule is CCC(=O)Nc1ccccc1C(=O)NCc1ccccc1. The quantitative estimate of drug-likeness (QED) is 0.885. The molecule has 0 aliphatic heterocycles. The van der Waals surface area contributed by atoms with Gasteiger partial charge in [-0.1, -0.05) is 49.4 Å². The van der Waals surface area contributed by atoms with Crippen molar-refractivity contribution < 1.29 is 9.59 Å². The summed E-state index contributed by atoms with van der Waals surface area (Å²) in [6.45, 7) is 2.23. The Bertz CT molecular complexity index is 624. The van der Waals surface area contributed by atoms with Gasteiger partial charge >= 0.3 is 0 Å². The number of carbonyl (C=O) groups excluding carboxylic acids is 2. The van der Waals surface area contributed by atoms with Crippen molar-refractivity contribution in [1.29, 1.82) is 0 Å². The average Bonchev–Trinajstić information content (AvgIpc) is 2.54. The molecule has 0 aromatic heterocycles. The molecule has 2 aromatic rings. The molecule has 0 saturated heterocycles. The highest BCUT2D eigenvalue weighted by molar-refractivity contribution is 6.03. The van der Waals surface area contributed by atoms with Crippen molar-refractivity contribution >= 4 is 17.5 Å². The van der Waals surface area contributed by atoms with E-state index in [1.807, 2.05) is 30.3 Å². The molecule has 2 amide bonds. The lowest BCUT2D eigenvalue weighted by atomic mass is 10.1. The number of benzene rings is 2. The Labute approximate surface area is 124 Å². The monoisotopic (exact) mass is 282 g/mol. The third-order valence-electron chi connectivity index (χ3n) is 3.06. The maximum absolute atomic E-state index is 12.2. The summed E-state index contributed by atoms with van der Waals surface area (Å²) < 4.78 is 0. The molecule has 0 atom stereocenters. The van der Waals surface area contributed by atoms with Crippen molar-refractivity contribution in [2.45, 2.75) is 19.9 Å². The van der Waals surface area contributed by atoms with E-state index in [2.05, 4.69) is 10.6 Å². The highest BCUT2D eigenvalue weighted by atomic mass is 16.2. The number of nitrogens with one attached hydrogen (secondary N) is 2. The summed E-state index contributed by atoms with van der Waals surface area (Å²) in [6.07, 6.45) is 0.375. The summed E-state index contributed by atoms with van der Waals surface area (Å²) in [6, 6.07) is 16.7. The first-order valence-corrected chi connectivity index (χ1v) is 6.91. The van der Waals surface area contributed by atoms with E-state index in [0.717, 1.165) is 5.56 Å². The van der Waals surface area contributed by atoms with Crippen LogP contribution in [-0.2, 0) is 11.3 Å². The second kappa shape index (κ2) is 7.24. The maximum atomic E-state index is 12.2. The molecule has 4 nitrogen and oxygen atoms in total. The van der Waals surface area contributed by atoms with Gasteiger partial charge in [0.15, 0.2) is 0 Å². The van der Waals surface area contributed by atoms with Gasteiger partial charge in [-0.3, -0.25) is 9.59 Å². The van der Waals surface area contributed by atoms with Crippen LogP contribution in [0.2, 0.25) is 0 Å². The topological polar surface area (TPSA) is 58.2 Å². The molecule has 0 spiro atoms. The largest absolute Gasteiger partial charge is 0.348 e. The number of hydrogen-bond donors (Lipinski definition) is 2. The van der Waals surface area contributed by atoms with Crippen LogP contribution >= 0.6 is 0 Å². The molecule has 0 saturated carbocycles. The molecule has 0 bridgehead atoms. The molecule has 2 aromatic carbocycles. The van der Waals surface area contributed by atoms with Crippen LogP contribution in [0.4, 0.5) is 5.69 Å². The Morgan fingerprint density at radius 2 is 1.62 bits per heavy atom. The van der Waals surface area contributed by atoms with E-state index in [1.165, 1.54) is 0 Å². The fourth-order valence-electron chi connectivity index (χ4n) is 1.90. The van der Waals surface area contributed by atoms with Crippen molar-refractivity contribution in [1.82, 2.24) is 5.32 Å². The normalized spacial score (nSPS) is 9.95. The zero-order valence-electron chi connectivity index (χ0n) is 11.9. The summed E-state index contributed by atoms with van der Waals surface area (Å²) in [4.78, 5) is 23.7. The minimum Gasteiger partial charge on any atom is -0.348 e. The lowest BCUT2D eigenvalue weighted by molar-refractivity contribution is -0.115. The first-order chi connectivity index (χ1) is 10.2. The summed E-state index contributed by atoms with van der Waals surface area (Å²) in [5.74, 6) is -0.316. The summed E-state index contributed by atoms with van der Waals surface area (Å²) >= 11 is 0. The van der Waals surface area contributed by atoms with Gasteiger partial charge < -0.3 is 10.6 Å². The number of para-hydroxylation sites is 1. The predicted molar refractivity (Wildman–Crippen MR) is 83.0 cm³/mol. The van der Waals surface area contributed by atoms with Gasteiger partial charge in [-0.15, -0.1) is 0 Å². The van der Waals surface area contributed by atoms with Crippen LogP contribution in [0.5, 0.6) is 0 Å². The van der Waals surface area contributed by atoms with E-state index in [0.29, 0.717) is 24.2 Å². The van der Waals surface area contributed by atoms with Gasteiger partial charge in [0.05, 0.1) is 11.3 Å². The lowest BCUT2D eigenvalue weighted by Crippen LogP contribution is -2.24. The Hall–Kier alpha value is -2.62. The van der Waals surface area contributed by atoms with Gasteiger partial charge in [-0.05, 0) is 17.7 Å². The fraction of sp³-hybridized carbons (Fsp3) is 0.176. The minimum atomic E-state index is -0.203. The molecule has 0 unspecified atom stereocenters. The van der Waals surface area contributed by atoms with Gasteiger partial charge in [0.1, 0.15) is 0 Å². The molecule has 0 heterocycles. The van der Waals surface area contributed by atoms with E-state index in [1.54, 1.807) is 31.2 Å². The van der Waals surface area contributed by atoms with E-state index >= 15 is 0 Å². The van der Waals surface area contributed by atoms with Crippen molar-refractivity contribution in [3.8, 4) is 0 Å². The number of amides is 2. The molecule has 21 heavy (non-hydrogen) atoms. The smallest absolute Gasteiger partial charge is 0.253 e. The number of rotatable bonds is 5. The van der Waals surface area contributed by atoms with E-state index in [4.69, 9.17) is 0 Å². The first-order valence-electron chi connectivity index (χ1n) is 6.91. The number of carbonyl (C=O) groups is 2. The Morgan fingerprint density at radius 1 is 0.952 bits per heavy atom. The third-order valence-corrected chi connectivity index (χ3v) is 3.06. The minimum absolute atomic E-state index is 0.113. The molecule has 0 fully saturated rings. The van der Waals surface area contributed by atoms with E-state index in [9.17, 15) is 9.59 Å². The fourth-order valence-corrected chi connectivity index (χ4v) is 1.90. The van der Waals surface area contributed by atoms with E-state index in [-0.39, 0.29) is 11.8 Å². The van der Waals surface area contributed by atoms with Gasteiger partial charge in [0.25, 0.3) is 5.91 Å². The Kier molecular flexibility index (Phi) is 5.10. The molecule has 108 valence electrons. The molecule has 0 radical (unpaired) electrons. The van der Waals surface area contributed by atoms with Crippen LogP contribution in [0.3, 0.4) is 0 Å². The summed E-state index contributed by atoms with van der Waals surface area (Å²) in [5.41, 5.74) is 2.03. The zero-order chi connectivity index (χ0) is 15.1. The van der Waals surface area contributed by atoms with Crippen LogP contribution < -0.4 is 10.6 Å². The highest BCUT2D eigenvalue weighted by Crippen LogP contribution is 2.15. The second-order valence-corrected chi connectivity index (χ2v) is 4.62. The Balaban J connectivity index is 2.07. The second-order valence-electron chi connectivity index (χ2n) is 4.62. The zero-order valence-corrected chi connectivity index (χ0v) is 11.9. The van der Waals surface area contributed by atoms with Crippen LogP contribution in [0.25, 0.3) is 0 Å². The summed E-state index contributed by atoms with van der Waals surface area (Å²) in [7, 11) is 0. The number of hydrogen-bond acceptors (Lipinski definition) is 2. The van der Waals surface area contributed by atoms with Crippen LogP contribution in [-0.4, -0.2) is 11.8 Å². The molecule has 2 rings (SSSR count).